The van der Waals surface area contributed by atoms with E-state index in [1.54, 1.807) is 18.3 Å². The Bertz CT molecular complexity index is 410. The summed E-state index contributed by atoms with van der Waals surface area (Å²) < 4.78 is 0. The first-order valence-electron chi connectivity index (χ1n) is 4.72. The first-order chi connectivity index (χ1) is 7.68. The molecule has 1 aliphatic heterocycles. The molecule has 84 valence electrons. The smallest absolute Gasteiger partial charge is 0.323 e. The fourth-order valence-electron chi connectivity index (χ4n) is 1.54. The van der Waals surface area contributed by atoms with Crippen LogP contribution in [0.2, 0.25) is 0 Å². The molecule has 0 bridgehead atoms. The highest BCUT2D eigenvalue weighted by molar-refractivity contribution is 8.00. The van der Waals surface area contributed by atoms with Gasteiger partial charge in [0, 0.05) is 6.20 Å². The first kappa shape index (κ1) is 10.9. The predicted molar refractivity (Wildman–Crippen MR) is 58.8 cm³/mol. The Kier molecular flexibility index (Phi) is 3.09. The quantitative estimate of drug-likeness (QED) is 0.841. The topological polar surface area (TPSA) is 70.5 Å². The Labute approximate surface area is 96.5 Å². The molecule has 1 aliphatic rings. The summed E-state index contributed by atoms with van der Waals surface area (Å²) >= 11 is 1.40. The van der Waals surface area contributed by atoms with Crippen LogP contribution in [0.3, 0.4) is 0 Å². The van der Waals surface area contributed by atoms with E-state index in [1.807, 2.05) is 6.07 Å². The molecule has 2 heterocycles. The van der Waals surface area contributed by atoms with E-state index in [9.17, 15) is 9.59 Å². The van der Waals surface area contributed by atoms with Crippen molar-refractivity contribution in [1.82, 2.24) is 9.88 Å². The van der Waals surface area contributed by atoms with E-state index in [0.717, 1.165) is 5.69 Å². The van der Waals surface area contributed by atoms with Crippen LogP contribution in [0.15, 0.2) is 24.4 Å². The van der Waals surface area contributed by atoms with Gasteiger partial charge in [0.05, 0.1) is 11.4 Å². The number of aliphatic carboxylic acids is 1. The van der Waals surface area contributed by atoms with Crippen LogP contribution in [0.5, 0.6) is 0 Å². The number of rotatable bonds is 3. The largest absolute Gasteiger partial charge is 0.480 e. The van der Waals surface area contributed by atoms with Gasteiger partial charge in [0.2, 0.25) is 5.91 Å². The van der Waals surface area contributed by atoms with Gasteiger partial charge in [-0.3, -0.25) is 14.6 Å². The number of amides is 1. The second-order valence-corrected chi connectivity index (χ2v) is 4.40. The maximum Gasteiger partial charge on any atom is 0.323 e. The minimum Gasteiger partial charge on any atom is -0.480 e. The standard InChI is InChI=1S/C10H10N2O3S/c13-8-6-16-10(12(8)5-9(14)15)7-3-1-2-4-11-7/h1-4,10H,5-6H2,(H,14,15). The lowest BCUT2D eigenvalue weighted by Crippen LogP contribution is -2.33. The average molecular weight is 238 g/mol. The molecule has 6 heteroatoms. The summed E-state index contributed by atoms with van der Waals surface area (Å²) in [6, 6.07) is 5.40. The van der Waals surface area contributed by atoms with Crippen molar-refractivity contribution < 1.29 is 14.7 Å². The second kappa shape index (κ2) is 4.52. The zero-order chi connectivity index (χ0) is 11.5. The fourth-order valence-corrected chi connectivity index (χ4v) is 2.69. The fraction of sp³-hybridized carbons (Fsp3) is 0.300. The lowest BCUT2D eigenvalue weighted by Gasteiger charge is -2.21. The molecule has 1 saturated heterocycles. The number of thioether (sulfide) groups is 1. The molecule has 0 aromatic carbocycles. The van der Waals surface area contributed by atoms with Crippen molar-refractivity contribution in [3.05, 3.63) is 30.1 Å². The maximum absolute atomic E-state index is 11.5. The van der Waals surface area contributed by atoms with E-state index >= 15 is 0 Å². The van der Waals surface area contributed by atoms with Gasteiger partial charge >= 0.3 is 5.97 Å². The van der Waals surface area contributed by atoms with Crippen molar-refractivity contribution in [1.29, 1.82) is 0 Å². The number of carbonyl (C=O) groups excluding carboxylic acids is 1. The van der Waals surface area contributed by atoms with Crippen LogP contribution in [0, 0.1) is 0 Å². The van der Waals surface area contributed by atoms with E-state index in [4.69, 9.17) is 5.11 Å². The summed E-state index contributed by atoms with van der Waals surface area (Å²) in [4.78, 5) is 27.6. The molecule has 2 rings (SSSR count). The molecule has 1 unspecified atom stereocenters. The van der Waals surface area contributed by atoms with Crippen molar-refractivity contribution in [3.63, 3.8) is 0 Å². The number of carboxylic acids is 1. The third-order valence-electron chi connectivity index (χ3n) is 2.21. The molecule has 1 fully saturated rings. The number of carboxylic acid groups (broad SMARTS) is 1. The summed E-state index contributed by atoms with van der Waals surface area (Å²) in [6.45, 7) is -0.271. The lowest BCUT2D eigenvalue weighted by atomic mass is 10.3. The minimum atomic E-state index is -1.00. The summed E-state index contributed by atoms with van der Waals surface area (Å²) in [5, 5.41) is 8.46. The Balaban J connectivity index is 2.21. The molecule has 0 spiro atoms. The van der Waals surface area contributed by atoms with Crippen molar-refractivity contribution in [2.45, 2.75) is 5.37 Å². The molecular weight excluding hydrogens is 228 g/mol. The van der Waals surface area contributed by atoms with Crippen LogP contribution < -0.4 is 0 Å². The summed E-state index contributed by atoms with van der Waals surface area (Å²) in [6.07, 6.45) is 1.64. The highest BCUT2D eigenvalue weighted by Crippen LogP contribution is 2.36. The number of hydrogen-bond acceptors (Lipinski definition) is 4. The lowest BCUT2D eigenvalue weighted by molar-refractivity contribution is -0.143. The van der Waals surface area contributed by atoms with Crippen LogP contribution in [0.1, 0.15) is 11.1 Å². The number of hydrogen-bond donors (Lipinski definition) is 1. The summed E-state index contributed by atoms with van der Waals surface area (Å²) in [5.41, 5.74) is 0.722. The summed E-state index contributed by atoms with van der Waals surface area (Å²) in [7, 11) is 0. The van der Waals surface area contributed by atoms with Gasteiger partial charge in [-0.1, -0.05) is 6.07 Å². The molecule has 1 aromatic heterocycles. The van der Waals surface area contributed by atoms with Crippen molar-refractivity contribution >= 4 is 23.6 Å². The average Bonchev–Trinajstić information content (AvgIpc) is 2.61. The van der Waals surface area contributed by atoms with E-state index in [1.165, 1.54) is 16.7 Å². The monoisotopic (exact) mass is 238 g/mol. The van der Waals surface area contributed by atoms with Crippen LogP contribution >= 0.6 is 11.8 Å². The van der Waals surface area contributed by atoms with Crippen molar-refractivity contribution in [2.75, 3.05) is 12.3 Å². The van der Waals surface area contributed by atoms with Crippen molar-refractivity contribution in [3.8, 4) is 0 Å². The third kappa shape index (κ3) is 2.16. The molecule has 0 radical (unpaired) electrons. The van der Waals surface area contributed by atoms with Gasteiger partial charge in [-0.15, -0.1) is 11.8 Å². The number of nitrogens with zero attached hydrogens (tertiary/aromatic N) is 2. The molecule has 1 atom stereocenters. The van der Waals surface area contributed by atoms with Gasteiger partial charge in [-0.2, -0.15) is 0 Å². The third-order valence-corrected chi connectivity index (χ3v) is 3.44. The van der Waals surface area contributed by atoms with E-state index in [-0.39, 0.29) is 17.8 Å². The molecule has 1 aromatic rings. The van der Waals surface area contributed by atoms with E-state index in [0.29, 0.717) is 5.75 Å². The van der Waals surface area contributed by atoms with Gasteiger partial charge in [-0.05, 0) is 12.1 Å². The van der Waals surface area contributed by atoms with Gasteiger partial charge in [0.25, 0.3) is 0 Å². The SMILES string of the molecule is O=C(O)CN1C(=O)CSC1c1ccccn1. The Morgan fingerprint density at radius 3 is 3.06 bits per heavy atom. The predicted octanol–water partition coefficient (Wildman–Crippen LogP) is 0.740. The zero-order valence-corrected chi connectivity index (χ0v) is 9.18. The van der Waals surface area contributed by atoms with Gasteiger partial charge in [-0.25, -0.2) is 0 Å². The minimum absolute atomic E-state index is 0.150. The molecule has 5 nitrogen and oxygen atoms in total. The Hall–Kier alpha value is -1.56. The number of aromatic nitrogens is 1. The Morgan fingerprint density at radius 2 is 2.44 bits per heavy atom. The van der Waals surface area contributed by atoms with Crippen molar-refractivity contribution in [2.24, 2.45) is 0 Å². The highest BCUT2D eigenvalue weighted by Gasteiger charge is 2.34. The molecule has 0 aliphatic carbocycles. The molecule has 1 amide bonds. The number of carbonyl (C=O) groups is 2. The summed E-state index contributed by atoms with van der Waals surface area (Å²) in [5.74, 6) is -0.839. The maximum atomic E-state index is 11.5. The van der Waals surface area contributed by atoms with E-state index in [2.05, 4.69) is 4.98 Å². The molecular formula is C10H10N2O3S. The first-order valence-corrected chi connectivity index (χ1v) is 5.77. The highest BCUT2D eigenvalue weighted by atomic mass is 32.2. The van der Waals surface area contributed by atoms with E-state index < -0.39 is 5.97 Å². The van der Waals surface area contributed by atoms with Gasteiger partial charge in [0.15, 0.2) is 0 Å². The van der Waals surface area contributed by atoms with Gasteiger partial charge < -0.3 is 10.0 Å². The Morgan fingerprint density at radius 1 is 1.62 bits per heavy atom. The normalized spacial score (nSPS) is 20.1. The van der Waals surface area contributed by atoms with Crippen LogP contribution in [0.25, 0.3) is 0 Å². The zero-order valence-electron chi connectivity index (χ0n) is 8.37. The van der Waals surface area contributed by atoms with Crippen LogP contribution in [0.4, 0.5) is 0 Å². The number of pyridine rings is 1. The molecule has 1 N–H and O–H groups in total. The van der Waals surface area contributed by atoms with Crippen LogP contribution in [-0.4, -0.2) is 39.2 Å². The van der Waals surface area contributed by atoms with Gasteiger partial charge in [0.1, 0.15) is 11.9 Å². The molecule has 0 saturated carbocycles. The van der Waals surface area contributed by atoms with Crippen LogP contribution in [-0.2, 0) is 9.59 Å². The molecule has 16 heavy (non-hydrogen) atoms. The second-order valence-electron chi connectivity index (χ2n) is 3.33.